The molecule has 1 amide bonds. The van der Waals surface area contributed by atoms with Crippen LogP contribution in [0.4, 0.5) is 4.39 Å². The molecule has 0 saturated carbocycles. The van der Waals surface area contributed by atoms with Gasteiger partial charge in [-0.1, -0.05) is 0 Å². The summed E-state index contributed by atoms with van der Waals surface area (Å²) in [5, 5.41) is 4.47. The lowest BCUT2D eigenvalue weighted by molar-refractivity contribution is -0.146. The Labute approximate surface area is 158 Å². The zero-order valence-corrected chi connectivity index (χ0v) is 16.2. The van der Waals surface area contributed by atoms with Crippen LogP contribution in [-0.4, -0.2) is 46.3 Å². The van der Waals surface area contributed by atoms with Gasteiger partial charge in [-0.3, -0.25) is 9.59 Å². The van der Waals surface area contributed by atoms with E-state index in [1.807, 2.05) is 27.7 Å². The molecule has 6 nitrogen and oxygen atoms in total. The summed E-state index contributed by atoms with van der Waals surface area (Å²) in [6.07, 6.45) is 3.11. The molecule has 27 heavy (non-hydrogen) atoms. The van der Waals surface area contributed by atoms with Crippen LogP contribution in [0.15, 0.2) is 30.3 Å². The average molecular weight is 373 g/mol. The minimum absolute atomic E-state index is 0.107. The van der Waals surface area contributed by atoms with Crippen LogP contribution in [0.2, 0.25) is 0 Å². The Balaban J connectivity index is 2.27. The van der Waals surface area contributed by atoms with Crippen molar-refractivity contribution in [3.8, 4) is 5.69 Å². The van der Waals surface area contributed by atoms with Crippen molar-refractivity contribution >= 4 is 18.0 Å². The zero-order chi connectivity index (χ0) is 20.1. The molecule has 0 fully saturated rings. The maximum Gasteiger partial charge on any atom is 0.325 e. The van der Waals surface area contributed by atoms with Gasteiger partial charge in [0.2, 0.25) is 5.91 Å². The van der Waals surface area contributed by atoms with Crippen LogP contribution in [0.25, 0.3) is 11.8 Å². The molecule has 0 aliphatic rings. The molecule has 1 heterocycles. The molecule has 144 valence electrons. The van der Waals surface area contributed by atoms with E-state index in [1.54, 1.807) is 22.9 Å². The van der Waals surface area contributed by atoms with Gasteiger partial charge in [0.1, 0.15) is 12.4 Å². The van der Waals surface area contributed by atoms with E-state index in [2.05, 4.69) is 9.84 Å². The van der Waals surface area contributed by atoms with Gasteiger partial charge in [-0.25, -0.2) is 9.07 Å². The topological polar surface area (TPSA) is 64.4 Å². The van der Waals surface area contributed by atoms with Gasteiger partial charge < -0.3 is 9.64 Å². The number of amides is 1. The number of aromatic nitrogens is 2. The van der Waals surface area contributed by atoms with Crippen molar-refractivity contribution in [3.63, 3.8) is 0 Å². The summed E-state index contributed by atoms with van der Waals surface area (Å²) in [6, 6.07) is 5.88. The number of esters is 1. The molecule has 0 aliphatic carbocycles. The maximum atomic E-state index is 13.1. The van der Waals surface area contributed by atoms with Crippen molar-refractivity contribution in [3.05, 3.63) is 53.1 Å². The predicted molar refractivity (Wildman–Crippen MR) is 101 cm³/mol. The third-order valence-electron chi connectivity index (χ3n) is 4.24. The molecule has 1 aromatic carbocycles. The summed E-state index contributed by atoms with van der Waals surface area (Å²) in [6.45, 7) is 7.27. The van der Waals surface area contributed by atoms with Crippen LogP contribution in [0.1, 0.15) is 30.8 Å². The Morgan fingerprint density at radius 3 is 2.44 bits per heavy atom. The number of halogens is 1. The fourth-order valence-electron chi connectivity index (χ4n) is 2.70. The standard InChI is InChI=1S/C20H24FN3O3/c1-13(2)23(12-20(26)27-5)19(25)11-10-18-14(3)22-24(15(18)4)17-8-6-16(21)7-9-17/h6-11,13H,12H2,1-5H3. The number of hydrogen-bond donors (Lipinski definition) is 0. The highest BCUT2D eigenvalue weighted by Gasteiger charge is 2.19. The Kier molecular flexibility index (Phi) is 6.50. The number of rotatable bonds is 6. The first-order valence-corrected chi connectivity index (χ1v) is 8.62. The number of ether oxygens (including phenoxy) is 1. The molecule has 2 rings (SSSR count). The quantitative estimate of drug-likeness (QED) is 0.577. The lowest BCUT2D eigenvalue weighted by Crippen LogP contribution is -2.40. The van der Waals surface area contributed by atoms with E-state index in [0.717, 1.165) is 22.6 Å². The van der Waals surface area contributed by atoms with Crippen molar-refractivity contribution in [2.24, 2.45) is 0 Å². The molecule has 0 bridgehead atoms. The predicted octanol–water partition coefficient (Wildman–Crippen LogP) is 3.05. The second-order valence-corrected chi connectivity index (χ2v) is 6.44. The van der Waals surface area contributed by atoms with Crippen LogP contribution >= 0.6 is 0 Å². The third kappa shape index (κ3) is 4.81. The Bertz CT molecular complexity index is 854. The number of carbonyl (C=O) groups is 2. The van der Waals surface area contributed by atoms with Gasteiger partial charge in [0, 0.05) is 23.4 Å². The molecule has 0 saturated heterocycles. The number of hydrogen-bond acceptors (Lipinski definition) is 4. The van der Waals surface area contributed by atoms with Gasteiger partial charge in [-0.15, -0.1) is 0 Å². The highest BCUT2D eigenvalue weighted by molar-refractivity contribution is 5.94. The summed E-state index contributed by atoms with van der Waals surface area (Å²) >= 11 is 0. The SMILES string of the molecule is COC(=O)CN(C(=O)C=Cc1c(C)nn(-c2ccc(F)cc2)c1C)C(C)C. The van der Waals surface area contributed by atoms with E-state index in [0.29, 0.717) is 0 Å². The van der Waals surface area contributed by atoms with Crippen LogP contribution in [0.3, 0.4) is 0 Å². The fraction of sp³-hybridized carbons (Fsp3) is 0.350. The highest BCUT2D eigenvalue weighted by Crippen LogP contribution is 2.19. The Morgan fingerprint density at radius 2 is 1.89 bits per heavy atom. The summed E-state index contributed by atoms with van der Waals surface area (Å²) in [7, 11) is 1.29. The van der Waals surface area contributed by atoms with Crippen LogP contribution in [0.5, 0.6) is 0 Å². The molecule has 0 atom stereocenters. The summed E-state index contributed by atoms with van der Waals surface area (Å²) in [5.74, 6) is -1.07. The molecule has 7 heteroatoms. The number of nitrogens with zero attached hydrogens (tertiary/aromatic N) is 3. The molecular weight excluding hydrogens is 349 g/mol. The molecule has 0 aliphatic heterocycles. The van der Waals surface area contributed by atoms with E-state index in [9.17, 15) is 14.0 Å². The number of aryl methyl sites for hydroxylation is 1. The second-order valence-electron chi connectivity index (χ2n) is 6.44. The Morgan fingerprint density at radius 1 is 1.26 bits per heavy atom. The molecule has 0 radical (unpaired) electrons. The molecule has 0 spiro atoms. The summed E-state index contributed by atoms with van der Waals surface area (Å²) in [4.78, 5) is 25.5. The van der Waals surface area contributed by atoms with E-state index in [1.165, 1.54) is 30.2 Å². The monoisotopic (exact) mass is 373 g/mol. The first-order chi connectivity index (χ1) is 12.7. The largest absolute Gasteiger partial charge is 0.468 e. The molecule has 0 unspecified atom stereocenters. The average Bonchev–Trinajstić information content (AvgIpc) is 2.91. The maximum absolute atomic E-state index is 13.1. The second kappa shape index (κ2) is 8.62. The van der Waals surface area contributed by atoms with Crippen LogP contribution in [0, 0.1) is 19.7 Å². The zero-order valence-electron chi connectivity index (χ0n) is 16.2. The Hall–Kier alpha value is -2.96. The number of benzene rings is 1. The normalized spacial score (nSPS) is 11.2. The summed E-state index contributed by atoms with van der Waals surface area (Å²) in [5.41, 5.74) is 3.10. The van der Waals surface area contributed by atoms with E-state index >= 15 is 0 Å². The van der Waals surface area contributed by atoms with Crippen molar-refractivity contribution in [2.45, 2.75) is 33.7 Å². The van der Waals surface area contributed by atoms with Gasteiger partial charge in [0.25, 0.3) is 0 Å². The van der Waals surface area contributed by atoms with E-state index in [4.69, 9.17) is 0 Å². The lowest BCUT2D eigenvalue weighted by Gasteiger charge is -2.24. The molecule has 0 N–H and O–H groups in total. The van der Waals surface area contributed by atoms with Gasteiger partial charge in [0.15, 0.2) is 0 Å². The van der Waals surface area contributed by atoms with E-state index < -0.39 is 5.97 Å². The van der Waals surface area contributed by atoms with Gasteiger partial charge in [-0.05, 0) is 58.0 Å². The minimum Gasteiger partial charge on any atom is -0.468 e. The van der Waals surface area contributed by atoms with Crippen LogP contribution in [-0.2, 0) is 14.3 Å². The van der Waals surface area contributed by atoms with Gasteiger partial charge in [0.05, 0.1) is 18.5 Å². The first kappa shape index (κ1) is 20.4. The van der Waals surface area contributed by atoms with Crippen molar-refractivity contribution in [1.82, 2.24) is 14.7 Å². The number of carbonyl (C=O) groups excluding carboxylic acids is 2. The summed E-state index contributed by atoms with van der Waals surface area (Å²) < 4.78 is 19.5. The number of methoxy groups -OCH3 is 1. The van der Waals surface area contributed by atoms with E-state index in [-0.39, 0.29) is 24.3 Å². The molecular formula is C20H24FN3O3. The van der Waals surface area contributed by atoms with Gasteiger partial charge >= 0.3 is 5.97 Å². The third-order valence-corrected chi connectivity index (χ3v) is 4.24. The van der Waals surface area contributed by atoms with Crippen LogP contribution < -0.4 is 0 Å². The molecule has 2 aromatic rings. The molecule has 1 aromatic heterocycles. The van der Waals surface area contributed by atoms with Crippen molar-refractivity contribution < 1.29 is 18.7 Å². The fourth-order valence-corrected chi connectivity index (χ4v) is 2.70. The van der Waals surface area contributed by atoms with Gasteiger partial charge in [-0.2, -0.15) is 5.10 Å². The minimum atomic E-state index is -0.470. The van der Waals surface area contributed by atoms with Crippen molar-refractivity contribution in [2.75, 3.05) is 13.7 Å². The smallest absolute Gasteiger partial charge is 0.325 e. The van der Waals surface area contributed by atoms with Crippen molar-refractivity contribution in [1.29, 1.82) is 0 Å². The highest BCUT2D eigenvalue weighted by atomic mass is 19.1. The first-order valence-electron chi connectivity index (χ1n) is 8.62. The lowest BCUT2D eigenvalue weighted by atomic mass is 10.1.